The smallest absolute Gasteiger partial charge is 0.0577 e. The standard InChI is InChI=1S/C19H22ClN/c1-13-17(10-5-11-18(13)20)19(21-2)16-9-4-8-15(12-16)14-6-3-7-14/h4-5,8-12,14,19,21H,3,6-7H2,1-2H3. The molecule has 0 spiro atoms. The van der Waals surface area contributed by atoms with Gasteiger partial charge in [-0.25, -0.2) is 0 Å². The predicted octanol–water partition coefficient (Wildman–Crippen LogP) is 5.22. The summed E-state index contributed by atoms with van der Waals surface area (Å²) in [5, 5.41) is 4.28. The lowest BCUT2D eigenvalue weighted by Gasteiger charge is -2.27. The average Bonchev–Trinajstić information content (AvgIpc) is 2.43. The Bertz CT molecular complexity index is 631. The fourth-order valence-corrected chi connectivity index (χ4v) is 3.35. The summed E-state index contributed by atoms with van der Waals surface area (Å²) >= 11 is 6.29. The van der Waals surface area contributed by atoms with Crippen molar-refractivity contribution >= 4 is 11.6 Å². The van der Waals surface area contributed by atoms with Crippen LogP contribution in [0, 0.1) is 6.92 Å². The third-order valence-electron chi connectivity index (χ3n) is 4.73. The Morgan fingerprint density at radius 1 is 1.14 bits per heavy atom. The second-order valence-corrected chi connectivity index (χ2v) is 6.38. The van der Waals surface area contributed by atoms with E-state index in [4.69, 9.17) is 11.6 Å². The van der Waals surface area contributed by atoms with Crippen LogP contribution in [0.15, 0.2) is 42.5 Å². The first-order chi connectivity index (χ1) is 10.2. The normalized spacial score (nSPS) is 16.5. The molecule has 1 N–H and O–H groups in total. The van der Waals surface area contributed by atoms with Crippen LogP contribution in [-0.4, -0.2) is 7.05 Å². The highest BCUT2D eigenvalue weighted by Gasteiger charge is 2.21. The van der Waals surface area contributed by atoms with E-state index in [0.29, 0.717) is 0 Å². The zero-order valence-electron chi connectivity index (χ0n) is 12.7. The van der Waals surface area contributed by atoms with Crippen molar-refractivity contribution in [2.24, 2.45) is 0 Å². The molecule has 2 aromatic carbocycles. The first-order valence-corrected chi connectivity index (χ1v) is 8.10. The summed E-state index contributed by atoms with van der Waals surface area (Å²) in [5.74, 6) is 0.767. The molecule has 2 heteroatoms. The topological polar surface area (TPSA) is 12.0 Å². The Morgan fingerprint density at radius 3 is 2.57 bits per heavy atom. The zero-order chi connectivity index (χ0) is 14.8. The average molecular weight is 300 g/mol. The minimum atomic E-state index is 0.198. The fourth-order valence-electron chi connectivity index (χ4n) is 3.17. The van der Waals surface area contributed by atoms with Gasteiger partial charge in [0.05, 0.1) is 6.04 Å². The molecule has 0 radical (unpaired) electrons. The van der Waals surface area contributed by atoms with Crippen LogP contribution >= 0.6 is 11.6 Å². The lowest BCUT2D eigenvalue weighted by molar-refractivity contribution is 0.419. The van der Waals surface area contributed by atoms with Gasteiger partial charge in [-0.1, -0.05) is 54.4 Å². The Labute approximate surface area is 132 Å². The van der Waals surface area contributed by atoms with Crippen LogP contribution in [0.2, 0.25) is 5.02 Å². The van der Waals surface area contributed by atoms with Gasteiger partial charge in [0.25, 0.3) is 0 Å². The molecule has 1 saturated carbocycles. The summed E-state index contributed by atoms with van der Waals surface area (Å²) in [4.78, 5) is 0. The molecule has 2 aromatic rings. The molecule has 0 aliphatic heterocycles. The molecule has 21 heavy (non-hydrogen) atoms. The summed E-state index contributed by atoms with van der Waals surface area (Å²) in [7, 11) is 2.01. The third kappa shape index (κ3) is 2.86. The van der Waals surface area contributed by atoms with Gasteiger partial charge in [0.2, 0.25) is 0 Å². The highest BCUT2D eigenvalue weighted by atomic mass is 35.5. The molecule has 1 aliphatic carbocycles. The van der Waals surface area contributed by atoms with Crippen LogP contribution in [0.25, 0.3) is 0 Å². The minimum absolute atomic E-state index is 0.198. The van der Waals surface area contributed by atoms with E-state index in [1.807, 2.05) is 19.2 Å². The molecule has 0 saturated heterocycles. The first-order valence-electron chi connectivity index (χ1n) is 7.73. The summed E-state index contributed by atoms with van der Waals surface area (Å²) in [6, 6.07) is 15.4. The lowest BCUT2D eigenvalue weighted by Crippen LogP contribution is -2.19. The molecule has 0 aromatic heterocycles. The van der Waals surface area contributed by atoms with E-state index < -0.39 is 0 Å². The van der Waals surface area contributed by atoms with E-state index in [9.17, 15) is 0 Å². The summed E-state index contributed by atoms with van der Waals surface area (Å²) in [6.07, 6.45) is 4.05. The fraction of sp³-hybridized carbons (Fsp3) is 0.368. The van der Waals surface area contributed by atoms with Crippen LogP contribution in [-0.2, 0) is 0 Å². The molecule has 3 rings (SSSR count). The van der Waals surface area contributed by atoms with Crippen molar-refractivity contribution in [1.29, 1.82) is 0 Å². The Morgan fingerprint density at radius 2 is 1.90 bits per heavy atom. The van der Waals surface area contributed by atoms with Gasteiger partial charge in [-0.3, -0.25) is 0 Å². The van der Waals surface area contributed by atoms with Gasteiger partial charge in [0.1, 0.15) is 0 Å². The molecule has 0 bridgehead atoms. The lowest BCUT2D eigenvalue weighted by atomic mass is 9.79. The van der Waals surface area contributed by atoms with Gasteiger partial charge in [-0.15, -0.1) is 0 Å². The van der Waals surface area contributed by atoms with E-state index in [1.54, 1.807) is 0 Å². The van der Waals surface area contributed by atoms with E-state index >= 15 is 0 Å². The second-order valence-electron chi connectivity index (χ2n) is 5.97. The predicted molar refractivity (Wildman–Crippen MR) is 90.1 cm³/mol. The number of nitrogens with one attached hydrogen (secondary N) is 1. The van der Waals surface area contributed by atoms with Crippen molar-refractivity contribution in [3.63, 3.8) is 0 Å². The second kappa shape index (κ2) is 6.21. The van der Waals surface area contributed by atoms with Crippen molar-refractivity contribution in [2.45, 2.75) is 38.1 Å². The third-order valence-corrected chi connectivity index (χ3v) is 5.14. The Balaban J connectivity index is 1.97. The van der Waals surface area contributed by atoms with Gasteiger partial charge in [-0.05, 0) is 61.1 Å². The monoisotopic (exact) mass is 299 g/mol. The van der Waals surface area contributed by atoms with Crippen molar-refractivity contribution < 1.29 is 0 Å². The van der Waals surface area contributed by atoms with Crippen molar-refractivity contribution in [2.75, 3.05) is 7.05 Å². The van der Waals surface area contributed by atoms with Gasteiger partial charge in [-0.2, -0.15) is 0 Å². The molecule has 0 amide bonds. The summed E-state index contributed by atoms with van der Waals surface area (Å²) in [6.45, 7) is 2.10. The molecule has 0 heterocycles. The highest BCUT2D eigenvalue weighted by molar-refractivity contribution is 6.31. The largest absolute Gasteiger partial charge is 0.309 e. The number of hydrogen-bond donors (Lipinski definition) is 1. The molecule has 1 unspecified atom stereocenters. The quantitative estimate of drug-likeness (QED) is 0.815. The van der Waals surface area contributed by atoms with Crippen LogP contribution < -0.4 is 5.32 Å². The Hall–Kier alpha value is -1.31. The minimum Gasteiger partial charge on any atom is -0.309 e. The molecule has 1 nitrogen and oxygen atoms in total. The summed E-state index contributed by atoms with van der Waals surface area (Å²) < 4.78 is 0. The van der Waals surface area contributed by atoms with Crippen molar-refractivity contribution in [1.82, 2.24) is 5.32 Å². The molecule has 1 fully saturated rings. The highest BCUT2D eigenvalue weighted by Crippen LogP contribution is 2.38. The maximum Gasteiger partial charge on any atom is 0.0577 e. The molecule has 1 atom stereocenters. The van der Waals surface area contributed by atoms with Crippen molar-refractivity contribution in [3.05, 3.63) is 69.7 Å². The number of rotatable bonds is 4. The number of halogens is 1. The van der Waals surface area contributed by atoms with Gasteiger partial charge >= 0.3 is 0 Å². The van der Waals surface area contributed by atoms with E-state index in [-0.39, 0.29) is 6.04 Å². The summed E-state index contributed by atoms with van der Waals surface area (Å²) in [5.41, 5.74) is 5.23. The number of benzene rings is 2. The van der Waals surface area contributed by atoms with Crippen LogP contribution in [0.3, 0.4) is 0 Å². The molecule has 110 valence electrons. The van der Waals surface area contributed by atoms with E-state index in [2.05, 4.69) is 42.6 Å². The Kier molecular flexibility index (Phi) is 4.32. The number of hydrogen-bond acceptors (Lipinski definition) is 1. The van der Waals surface area contributed by atoms with Gasteiger partial charge in [0, 0.05) is 5.02 Å². The van der Waals surface area contributed by atoms with Gasteiger partial charge < -0.3 is 5.32 Å². The van der Waals surface area contributed by atoms with Crippen LogP contribution in [0.4, 0.5) is 0 Å². The maximum atomic E-state index is 6.29. The van der Waals surface area contributed by atoms with E-state index in [1.165, 1.54) is 36.0 Å². The SMILES string of the molecule is CNC(c1cccc(C2CCC2)c1)c1cccc(Cl)c1C. The van der Waals surface area contributed by atoms with E-state index in [0.717, 1.165) is 16.5 Å². The molecular weight excluding hydrogens is 278 g/mol. The molecule has 1 aliphatic rings. The van der Waals surface area contributed by atoms with Gasteiger partial charge in [0.15, 0.2) is 0 Å². The maximum absolute atomic E-state index is 6.29. The first kappa shape index (κ1) is 14.6. The van der Waals surface area contributed by atoms with Crippen molar-refractivity contribution in [3.8, 4) is 0 Å². The zero-order valence-corrected chi connectivity index (χ0v) is 13.5. The van der Waals surface area contributed by atoms with Crippen LogP contribution in [0.1, 0.15) is 53.5 Å². The molecular formula is C19H22ClN. The van der Waals surface area contributed by atoms with Crippen LogP contribution in [0.5, 0.6) is 0 Å².